The molecule has 1 aromatic heterocycles. The topological polar surface area (TPSA) is 128 Å². The number of amides is 1. The number of aromatic amines is 2. The zero-order valence-electron chi connectivity index (χ0n) is 16.1. The van der Waals surface area contributed by atoms with E-state index >= 15 is 0 Å². The molecule has 2 atom stereocenters. The predicted molar refractivity (Wildman–Crippen MR) is 101 cm³/mol. The molecule has 0 radical (unpaired) electrons. The third-order valence-corrected chi connectivity index (χ3v) is 6.31. The van der Waals surface area contributed by atoms with Gasteiger partial charge in [-0.15, -0.1) is 0 Å². The maximum Gasteiger partial charge on any atom is 0.325 e. The fourth-order valence-corrected chi connectivity index (χ4v) is 4.42. The minimum atomic E-state index is -0.722. The summed E-state index contributed by atoms with van der Waals surface area (Å²) in [5.74, 6) is 0.134. The quantitative estimate of drug-likeness (QED) is 0.545. The average molecular weight is 392 g/mol. The summed E-state index contributed by atoms with van der Waals surface area (Å²) in [5.41, 5.74) is -1.37. The minimum absolute atomic E-state index is 0.0364. The Morgan fingerprint density at radius 2 is 2.04 bits per heavy atom. The van der Waals surface area contributed by atoms with Gasteiger partial charge in [-0.3, -0.25) is 19.5 Å². The maximum atomic E-state index is 12.3. The SMILES string of the molecule is C[C@@]1(NC(=O)C2CC2)CC2(CCN(Cc3cc(=O)[nH]c(=O)[nH]3)CC2)OC[C@H]1O. The number of likely N-dealkylation sites (tertiary alicyclic amines) is 1. The summed E-state index contributed by atoms with van der Waals surface area (Å²) in [6.07, 6.45) is 3.25. The predicted octanol–water partition coefficient (Wildman–Crippen LogP) is -0.536. The molecule has 4 rings (SSSR count). The maximum absolute atomic E-state index is 12.3. The van der Waals surface area contributed by atoms with Crippen molar-refractivity contribution in [2.75, 3.05) is 19.7 Å². The van der Waals surface area contributed by atoms with E-state index in [0.717, 1.165) is 38.8 Å². The van der Waals surface area contributed by atoms with Crippen LogP contribution in [0.15, 0.2) is 15.7 Å². The van der Waals surface area contributed by atoms with Gasteiger partial charge in [-0.1, -0.05) is 0 Å². The Bertz CT molecular complexity index is 824. The molecule has 1 amide bonds. The first-order chi connectivity index (χ1) is 13.3. The third-order valence-electron chi connectivity index (χ3n) is 6.31. The highest BCUT2D eigenvalue weighted by Gasteiger charge is 2.51. The number of hydrogen-bond donors (Lipinski definition) is 4. The normalized spacial score (nSPS) is 30.3. The molecule has 0 bridgehead atoms. The van der Waals surface area contributed by atoms with Gasteiger partial charge in [0.05, 0.1) is 17.7 Å². The van der Waals surface area contributed by atoms with Gasteiger partial charge >= 0.3 is 5.69 Å². The van der Waals surface area contributed by atoms with Crippen molar-refractivity contribution in [3.05, 3.63) is 32.6 Å². The largest absolute Gasteiger partial charge is 0.388 e. The van der Waals surface area contributed by atoms with Gasteiger partial charge < -0.3 is 20.1 Å². The highest BCUT2D eigenvalue weighted by Crippen LogP contribution is 2.40. The second-order valence-corrected chi connectivity index (χ2v) is 8.76. The van der Waals surface area contributed by atoms with Crippen LogP contribution in [0.4, 0.5) is 0 Å². The molecule has 2 saturated heterocycles. The molecule has 9 nitrogen and oxygen atoms in total. The fraction of sp³-hybridized carbons (Fsp3) is 0.737. The number of aliphatic hydroxyl groups excluding tert-OH is 1. The molecule has 1 saturated carbocycles. The molecule has 154 valence electrons. The molecule has 1 spiro atoms. The van der Waals surface area contributed by atoms with Crippen LogP contribution in [0.25, 0.3) is 0 Å². The average Bonchev–Trinajstić information content (AvgIpc) is 3.45. The lowest BCUT2D eigenvalue weighted by molar-refractivity contribution is -0.182. The Morgan fingerprint density at radius 1 is 1.32 bits per heavy atom. The molecule has 9 heteroatoms. The van der Waals surface area contributed by atoms with Gasteiger partial charge in [0.1, 0.15) is 6.10 Å². The lowest BCUT2D eigenvalue weighted by Gasteiger charge is -2.52. The number of hydrogen-bond acceptors (Lipinski definition) is 6. The van der Waals surface area contributed by atoms with Crippen molar-refractivity contribution in [3.8, 4) is 0 Å². The summed E-state index contributed by atoms with van der Waals surface area (Å²) in [5, 5.41) is 13.6. The lowest BCUT2D eigenvalue weighted by atomic mass is 9.74. The van der Waals surface area contributed by atoms with Gasteiger partial charge in [0.25, 0.3) is 5.56 Å². The standard InChI is InChI=1S/C19H28N4O5/c1-18(22-16(26)12-2-3-12)11-19(28-10-14(18)24)4-6-23(7-5-19)9-13-8-15(25)21-17(27)20-13/h8,12,14,24H,2-7,9-11H2,1H3,(H,22,26)(H2,20,21,25,27)/t14-,18-/m1/s1. The molecule has 0 unspecified atom stereocenters. The van der Waals surface area contributed by atoms with Crippen LogP contribution < -0.4 is 16.6 Å². The summed E-state index contributed by atoms with van der Waals surface area (Å²) >= 11 is 0. The number of nitrogens with zero attached hydrogens (tertiary/aromatic N) is 1. The Labute approximate surface area is 162 Å². The van der Waals surface area contributed by atoms with Crippen molar-refractivity contribution in [2.24, 2.45) is 5.92 Å². The summed E-state index contributed by atoms with van der Waals surface area (Å²) in [6, 6.07) is 1.41. The van der Waals surface area contributed by atoms with Gasteiger partial charge in [0, 0.05) is 43.7 Å². The van der Waals surface area contributed by atoms with Crippen LogP contribution in [0, 0.1) is 5.92 Å². The number of nitrogens with one attached hydrogen (secondary N) is 3. The second kappa shape index (κ2) is 7.13. The zero-order chi connectivity index (χ0) is 19.9. The van der Waals surface area contributed by atoms with E-state index in [0.29, 0.717) is 18.7 Å². The van der Waals surface area contributed by atoms with Crippen molar-refractivity contribution < 1.29 is 14.6 Å². The van der Waals surface area contributed by atoms with Crippen molar-refractivity contribution in [3.63, 3.8) is 0 Å². The number of carbonyl (C=O) groups is 1. The lowest BCUT2D eigenvalue weighted by Crippen LogP contribution is -2.65. The van der Waals surface area contributed by atoms with Crippen LogP contribution in [-0.2, 0) is 16.1 Å². The van der Waals surface area contributed by atoms with E-state index in [1.165, 1.54) is 6.07 Å². The van der Waals surface area contributed by atoms with Crippen LogP contribution in [0.2, 0.25) is 0 Å². The number of H-pyrrole nitrogens is 2. The van der Waals surface area contributed by atoms with Crippen LogP contribution in [0.3, 0.4) is 0 Å². The minimum Gasteiger partial charge on any atom is -0.388 e. The van der Waals surface area contributed by atoms with Crippen molar-refractivity contribution in [1.82, 2.24) is 20.2 Å². The van der Waals surface area contributed by atoms with Crippen LogP contribution in [-0.4, -0.2) is 62.8 Å². The molecule has 0 aromatic carbocycles. The number of aliphatic hydroxyl groups is 1. The molecule has 3 aliphatic rings. The van der Waals surface area contributed by atoms with E-state index in [-0.39, 0.29) is 24.0 Å². The first-order valence-electron chi connectivity index (χ1n) is 9.96. The van der Waals surface area contributed by atoms with E-state index in [2.05, 4.69) is 20.2 Å². The molecule has 4 N–H and O–H groups in total. The molecule has 3 heterocycles. The number of rotatable bonds is 4. The van der Waals surface area contributed by atoms with E-state index in [9.17, 15) is 19.5 Å². The molecule has 2 aliphatic heterocycles. The molecular formula is C19H28N4O5. The number of carbonyl (C=O) groups excluding carboxylic acids is 1. The Hall–Kier alpha value is -1.97. The summed E-state index contributed by atoms with van der Waals surface area (Å²) in [4.78, 5) is 42.2. The van der Waals surface area contributed by atoms with Crippen LogP contribution >= 0.6 is 0 Å². The summed E-state index contributed by atoms with van der Waals surface area (Å²) < 4.78 is 6.07. The molecule has 1 aromatic rings. The van der Waals surface area contributed by atoms with Gasteiger partial charge in [-0.05, 0) is 32.6 Å². The van der Waals surface area contributed by atoms with Crippen molar-refractivity contribution >= 4 is 5.91 Å². The van der Waals surface area contributed by atoms with Gasteiger partial charge in [-0.2, -0.15) is 0 Å². The smallest absolute Gasteiger partial charge is 0.325 e. The van der Waals surface area contributed by atoms with Crippen molar-refractivity contribution in [2.45, 2.75) is 62.8 Å². The highest BCUT2D eigenvalue weighted by atomic mass is 16.5. The Kier molecular flexibility index (Phi) is 4.93. The molecular weight excluding hydrogens is 364 g/mol. The third kappa shape index (κ3) is 4.06. The number of piperidine rings is 1. The molecule has 3 fully saturated rings. The Morgan fingerprint density at radius 3 is 2.68 bits per heavy atom. The first-order valence-corrected chi connectivity index (χ1v) is 9.96. The second-order valence-electron chi connectivity index (χ2n) is 8.76. The van der Waals surface area contributed by atoms with E-state index in [1.54, 1.807) is 0 Å². The number of aromatic nitrogens is 2. The van der Waals surface area contributed by atoms with E-state index in [4.69, 9.17) is 4.74 Å². The van der Waals surface area contributed by atoms with Crippen LogP contribution in [0.5, 0.6) is 0 Å². The Balaban J connectivity index is 1.39. The fourth-order valence-electron chi connectivity index (χ4n) is 4.42. The highest BCUT2D eigenvalue weighted by molar-refractivity contribution is 5.81. The van der Waals surface area contributed by atoms with E-state index < -0.39 is 22.9 Å². The first kappa shape index (κ1) is 19.4. The number of ether oxygens (including phenoxy) is 1. The summed E-state index contributed by atoms with van der Waals surface area (Å²) in [6.45, 7) is 4.11. The van der Waals surface area contributed by atoms with Crippen molar-refractivity contribution in [1.29, 1.82) is 0 Å². The monoisotopic (exact) mass is 392 g/mol. The van der Waals surface area contributed by atoms with Gasteiger partial charge in [0.2, 0.25) is 5.91 Å². The molecule has 28 heavy (non-hydrogen) atoms. The zero-order valence-corrected chi connectivity index (χ0v) is 16.1. The van der Waals surface area contributed by atoms with Gasteiger partial charge in [-0.25, -0.2) is 4.79 Å². The molecule has 1 aliphatic carbocycles. The van der Waals surface area contributed by atoms with Crippen LogP contribution in [0.1, 0.15) is 44.7 Å². The van der Waals surface area contributed by atoms with Gasteiger partial charge in [0.15, 0.2) is 0 Å². The summed E-state index contributed by atoms with van der Waals surface area (Å²) in [7, 11) is 0. The van der Waals surface area contributed by atoms with E-state index in [1.807, 2.05) is 6.92 Å².